The highest BCUT2D eigenvalue weighted by atomic mass is 32.2. The third-order valence-corrected chi connectivity index (χ3v) is 8.04. The third kappa shape index (κ3) is 5.17. The third-order valence-electron chi connectivity index (χ3n) is 5.28. The van der Waals surface area contributed by atoms with Crippen LogP contribution >= 0.6 is 11.3 Å². The number of aryl methyl sites for hydroxylation is 1. The van der Waals surface area contributed by atoms with Gasteiger partial charge in [0.05, 0.1) is 17.3 Å². The van der Waals surface area contributed by atoms with Crippen LogP contribution in [-0.4, -0.2) is 59.7 Å². The van der Waals surface area contributed by atoms with E-state index < -0.39 is 10.0 Å². The summed E-state index contributed by atoms with van der Waals surface area (Å²) in [5.41, 5.74) is 2.77. The maximum atomic E-state index is 13.1. The second kappa shape index (κ2) is 9.62. The van der Waals surface area contributed by atoms with Gasteiger partial charge in [0.1, 0.15) is 9.88 Å². The highest BCUT2D eigenvalue weighted by Crippen LogP contribution is 2.28. The molecule has 10 heteroatoms. The predicted octanol–water partition coefficient (Wildman–Crippen LogP) is 3.14. The highest BCUT2D eigenvalue weighted by Gasteiger charge is 2.29. The minimum absolute atomic E-state index is 0.129. The number of carbonyl (C=O) groups is 1. The molecule has 0 atom stereocenters. The molecule has 168 valence electrons. The lowest BCUT2D eigenvalue weighted by atomic mass is 10.1. The molecule has 1 aromatic carbocycles. The minimum atomic E-state index is -3.62. The van der Waals surface area contributed by atoms with Crippen molar-refractivity contribution < 1.29 is 13.2 Å². The molecule has 1 aliphatic rings. The van der Waals surface area contributed by atoms with Crippen molar-refractivity contribution in [3.05, 3.63) is 75.9 Å². The summed E-state index contributed by atoms with van der Waals surface area (Å²) in [5.74, 6) is -0.129. The van der Waals surface area contributed by atoms with Gasteiger partial charge in [-0.15, -0.1) is 11.3 Å². The van der Waals surface area contributed by atoms with Gasteiger partial charge in [-0.05, 0) is 42.8 Å². The lowest BCUT2D eigenvalue weighted by molar-refractivity contribution is 0.0702. The number of nitriles is 1. The molecule has 3 heterocycles. The molecule has 0 saturated carbocycles. The van der Waals surface area contributed by atoms with E-state index in [-0.39, 0.29) is 19.0 Å². The van der Waals surface area contributed by atoms with E-state index in [1.165, 1.54) is 27.1 Å². The SMILES string of the molecule is Cc1nc(-c2ccncc2)sc1C(=O)N1CCN(S(=O)(=O)C=Cc2ccc(C#N)cc2)CC1. The van der Waals surface area contributed by atoms with E-state index in [9.17, 15) is 13.2 Å². The molecule has 8 nitrogen and oxygen atoms in total. The Morgan fingerprint density at radius 2 is 1.76 bits per heavy atom. The van der Waals surface area contributed by atoms with Crippen molar-refractivity contribution in [1.29, 1.82) is 5.26 Å². The first kappa shape index (κ1) is 22.8. The van der Waals surface area contributed by atoms with E-state index in [1.807, 2.05) is 25.1 Å². The molecular formula is C23H21N5O3S2. The Balaban J connectivity index is 1.40. The van der Waals surface area contributed by atoms with Crippen LogP contribution in [0, 0.1) is 18.3 Å². The van der Waals surface area contributed by atoms with Gasteiger partial charge < -0.3 is 4.90 Å². The first-order valence-electron chi connectivity index (χ1n) is 10.2. The van der Waals surface area contributed by atoms with Crippen molar-refractivity contribution in [3.8, 4) is 16.6 Å². The van der Waals surface area contributed by atoms with E-state index in [0.717, 1.165) is 10.6 Å². The number of pyridine rings is 1. The van der Waals surface area contributed by atoms with Gasteiger partial charge in [-0.2, -0.15) is 9.57 Å². The number of nitrogens with zero attached hydrogens (tertiary/aromatic N) is 5. The van der Waals surface area contributed by atoms with Gasteiger partial charge in [-0.25, -0.2) is 13.4 Å². The lowest BCUT2D eigenvalue weighted by Gasteiger charge is -2.33. The van der Waals surface area contributed by atoms with Gasteiger partial charge in [0.25, 0.3) is 5.91 Å². The van der Waals surface area contributed by atoms with Crippen LogP contribution in [0.3, 0.4) is 0 Å². The fourth-order valence-corrected chi connectivity index (χ4v) is 5.63. The summed E-state index contributed by atoms with van der Waals surface area (Å²) >= 11 is 1.34. The zero-order valence-electron chi connectivity index (χ0n) is 17.9. The summed E-state index contributed by atoms with van der Waals surface area (Å²) in [4.78, 5) is 23.8. The van der Waals surface area contributed by atoms with Crippen LogP contribution in [-0.2, 0) is 10.0 Å². The number of carbonyl (C=O) groups excluding carboxylic acids is 1. The number of thiazole rings is 1. The molecule has 33 heavy (non-hydrogen) atoms. The first-order valence-corrected chi connectivity index (χ1v) is 12.5. The van der Waals surface area contributed by atoms with Crippen molar-refractivity contribution in [2.24, 2.45) is 0 Å². The summed E-state index contributed by atoms with van der Waals surface area (Å²) < 4.78 is 26.8. The number of sulfonamides is 1. The molecular weight excluding hydrogens is 458 g/mol. The van der Waals surface area contributed by atoms with Crippen LogP contribution in [0.2, 0.25) is 0 Å². The number of rotatable bonds is 5. The molecule has 1 amide bonds. The average Bonchev–Trinajstić information content (AvgIpc) is 3.25. The molecule has 4 rings (SSSR count). The Hall–Kier alpha value is -3.39. The van der Waals surface area contributed by atoms with Crippen molar-refractivity contribution in [3.63, 3.8) is 0 Å². The molecule has 0 unspecified atom stereocenters. The fraction of sp³-hybridized carbons (Fsp3) is 0.217. The smallest absolute Gasteiger partial charge is 0.265 e. The zero-order chi connectivity index (χ0) is 23.4. The lowest BCUT2D eigenvalue weighted by Crippen LogP contribution is -2.50. The highest BCUT2D eigenvalue weighted by molar-refractivity contribution is 7.92. The average molecular weight is 480 g/mol. The fourth-order valence-electron chi connectivity index (χ4n) is 3.42. The van der Waals surface area contributed by atoms with Crippen LogP contribution in [0.15, 0.2) is 54.2 Å². The molecule has 0 spiro atoms. The van der Waals surface area contributed by atoms with Crippen LogP contribution in [0.1, 0.15) is 26.5 Å². The minimum Gasteiger partial charge on any atom is -0.335 e. The van der Waals surface area contributed by atoms with Crippen molar-refractivity contribution in [2.75, 3.05) is 26.2 Å². The van der Waals surface area contributed by atoms with Crippen LogP contribution in [0.5, 0.6) is 0 Å². The van der Waals surface area contributed by atoms with Crippen LogP contribution < -0.4 is 0 Å². The summed E-state index contributed by atoms with van der Waals surface area (Å²) in [6.45, 7) is 2.88. The van der Waals surface area contributed by atoms with E-state index in [1.54, 1.807) is 41.6 Å². The van der Waals surface area contributed by atoms with E-state index in [4.69, 9.17) is 5.26 Å². The zero-order valence-corrected chi connectivity index (χ0v) is 19.5. The molecule has 1 fully saturated rings. The van der Waals surface area contributed by atoms with E-state index in [0.29, 0.717) is 34.8 Å². The summed E-state index contributed by atoms with van der Waals surface area (Å²) in [6, 6.07) is 12.4. The molecule has 1 saturated heterocycles. The van der Waals surface area contributed by atoms with Gasteiger partial charge >= 0.3 is 0 Å². The normalized spacial score (nSPS) is 15.0. The van der Waals surface area contributed by atoms with Gasteiger partial charge in [0.2, 0.25) is 10.0 Å². The van der Waals surface area contributed by atoms with E-state index >= 15 is 0 Å². The first-order chi connectivity index (χ1) is 15.9. The Labute approximate surface area is 196 Å². The topological polar surface area (TPSA) is 107 Å². The number of amides is 1. The maximum Gasteiger partial charge on any atom is 0.265 e. The standard InChI is InChI=1S/C23H21N5O3S2/c1-17-21(32-22(26-17)20-6-9-25-10-7-20)23(29)27-11-13-28(14-12-27)33(30,31)15-8-18-2-4-19(16-24)5-3-18/h2-10,15H,11-14H2,1H3. The number of hydrogen-bond acceptors (Lipinski definition) is 7. The molecule has 0 N–H and O–H groups in total. The van der Waals surface area contributed by atoms with Gasteiger partial charge in [-0.3, -0.25) is 9.78 Å². The number of hydrogen-bond donors (Lipinski definition) is 0. The Bertz CT molecular complexity index is 1320. The van der Waals surface area contributed by atoms with Gasteiger partial charge in [0, 0.05) is 49.5 Å². The Kier molecular flexibility index (Phi) is 6.65. The van der Waals surface area contributed by atoms with Gasteiger partial charge in [0.15, 0.2) is 0 Å². The van der Waals surface area contributed by atoms with Crippen molar-refractivity contribution >= 4 is 33.3 Å². The quantitative estimate of drug-likeness (QED) is 0.556. The second-order valence-electron chi connectivity index (χ2n) is 7.44. The van der Waals surface area contributed by atoms with Crippen LogP contribution in [0.4, 0.5) is 0 Å². The molecule has 0 radical (unpaired) electrons. The number of piperazine rings is 1. The van der Waals surface area contributed by atoms with Crippen molar-refractivity contribution in [2.45, 2.75) is 6.92 Å². The molecule has 2 aromatic heterocycles. The summed E-state index contributed by atoms with van der Waals surface area (Å²) in [6.07, 6.45) is 4.88. The van der Waals surface area contributed by atoms with Crippen molar-refractivity contribution in [1.82, 2.24) is 19.2 Å². The second-order valence-corrected chi connectivity index (χ2v) is 10.3. The van der Waals surface area contributed by atoms with Crippen LogP contribution in [0.25, 0.3) is 16.6 Å². The van der Waals surface area contributed by atoms with Gasteiger partial charge in [-0.1, -0.05) is 12.1 Å². The number of aromatic nitrogens is 2. The largest absolute Gasteiger partial charge is 0.335 e. The Morgan fingerprint density at radius 1 is 1.09 bits per heavy atom. The van der Waals surface area contributed by atoms with E-state index in [2.05, 4.69) is 9.97 Å². The predicted molar refractivity (Wildman–Crippen MR) is 127 cm³/mol. The monoisotopic (exact) mass is 479 g/mol. The maximum absolute atomic E-state index is 13.1. The summed E-state index contributed by atoms with van der Waals surface area (Å²) in [5, 5.41) is 10.8. The number of benzene rings is 1. The summed E-state index contributed by atoms with van der Waals surface area (Å²) in [7, 11) is -3.62. The Morgan fingerprint density at radius 3 is 2.39 bits per heavy atom. The molecule has 0 bridgehead atoms. The molecule has 1 aliphatic heterocycles. The molecule has 0 aliphatic carbocycles. The molecule has 3 aromatic rings.